The molecule has 0 bridgehead atoms. The van der Waals surface area contributed by atoms with Crippen LogP contribution in [0, 0.1) is 18.3 Å². The lowest BCUT2D eigenvalue weighted by molar-refractivity contribution is 0.577. The van der Waals surface area contributed by atoms with Crippen LogP contribution in [0.15, 0.2) is 6.20 Å². The van der Waals surface area contributed by atoms with Gasteiger partial charge in [-0.25, -0.2) is 18.1 Å². The molecule has 1 N–H and O–H groups in total. The van der Waals surface area contributed by atoms with Gasteiger partial charge in [0.1, 0.15) is 0 Å². The molecule has 0 aliphatic carbocycles. The monoisotopic (exact) mass is 245 g/mol. The highest BCUT2D eigenvalue weighted by atomic mass is 32.2. The number of nitrogens with zero attached hydrogens (tertiary/aromatic N) is 2. The molecule has 1 heterocycles. The lowest BCUT2D eigenvalue weighted by Gasteiger charge is -2.05. The van der Waals surface area contributed by atoms with E-state index in [1.807, 2.05) is 6.92 Å². The quantitative estimate of drug-likeness (QED) is 0.849. The first-order valence-corrected chi connectivity index (χ1v) is 6.61. The van der Waals surface area contributed by atoms with Crippen molar-refractivity contribution in [2.45, 2.75) is 25.6 Å². The van der Waals surface area contributed by atoms with E-state index in [1.165, 1.54) is 18.3 Å². The lowest BCUT2D eigenvalue weighted by atomic mass is 10.5. The molecule has 0 saturated carbocycles. The maximum absolute atomic E-state index is 11.4. The van der Waals surface area contributed by atoms with Gasteiger partial charge < -0.3 is 0 Å². The van der Waals surface area contributed by atoms with Crippen LogP contribution in [0.2, 0.25) is 0 Å². The normalized spacial score (nSPS) is 13.4. The number of aryl methyl sites for hydroxylation is 1. The summed E-state index contributed by atoms with van der Waals surface area (Å²) in [5.74, 6) is 0. The zero-order chi connectivity index (χ0) is 11.5. The van der Waals surface area contributed by atoms with Crippen LogP contribution in [-0.4, -0.2) is 18.7 Å². The second kappa shape index (κ2) is 4.70. The minimum atomic E-state index is -3.53. The van der Waals surface area contributed by atoms with Crippen molar-refractivity contribution in [1.29, 1.82) is 5.26 Å². The number of sulfonamides is 1. The van der Waals surface area contributed by atoms with E-state index in [2.05, 4.69) is 9.71 Å². The van der Waals surface area contributed by atoms with Gasteiger partial charge in [-0.2, -0.15) is 5.26 Å². The Bertz CT molecular complexity index is 472. The summed E-state index contributed by atoms with van der Waals surface area (Å²) in [6.45, 7) is 3.39. The molecule has 0 amide bonds. The third-order valence-electron chi connectivity index (χ3n) is 1.76. The third kappa shape index (κ3) is 3.27. The minimum Gasteiger partial charge on any atom is -0.250 e. The topological polar surface area (TPSA) is 82.8 Å². The van der Waals surface area contributed by atoms with Crippen LogP contribution in [0.4, 0.5) is 0 Å². The summed E-state index contributed by atoms with van der Waals surface area (Å²) in [6, 6.07) is 1.68. The smallest absolute Gasteiger partial charge is 0.228 e. The first-order chi connectivity index (χ1) is 6.95. The zero-order valence-corrected chi connectivity index (χ0v) is 10.0. The van der Waals surface area contributed by atoms with Crippen LogP contribution >= 0.6 is 11.3 Å². The Hall–Kier alpha value is -0.970. The molecule has 5 nitrogen and oxygen atoms in total. The third-order valence-corrected chi connectivity index (χ3v) is 4.26. The average molecular weight is 245 g/mol. The van der Waals surface area contributed by atoms with Crippen LogP contribution in [0.1, 0.15) is 16.8 Å². The van der Waals surface area contributed by atoms with Crippen molar-refractivity contribution < 1.29 is 8.42 Å². The highest BCUT2D eigenvalue weighted by Crippen LogP contribution is 2.11. The zero-order valence-electron chi connectivity index (χ0n) is 8.39. The van der Waals surface area contributed by atoms with Crippen molar-refractivity contribution in [1.82, 2.24) is 9.71 Å². The van der Waals surface area contributed by atoms with E-state index in [1.54, 1.807) is 12.3 Å². The Morgan fingerprint density at radius 1 is 1.73 bits per heavy atom. The van der Waals surface area contributed by atoms with Crippen LogP contribution in [0.25, 0.3) is 0 Å². The van der Waals surface area contributed by atoms with Crippen molar-refractivity contribution in [2.75, 3.05) is 0 Å². The molecular formula is C8H11N3O2S2. The molecule has 0 aliphatic rings. The molecule has 7 heteroatoms. The van der Waals surface area contributed by atoms with Gasteiger partial charge in [-0.3, -0.25) is 0 Å². The summed E-state index contributed by atoms with van der Waals surface area (Å²) in [4.78, 5) is 4.84. The SMILES string of the molecule is Cc1ncc(CNS(=O)(=O)C(C)C#N)s1. The molecule has 0 aliphatic heterocycles. The van der Waals surface area contributed by atoms with Crippen molar-refractivity contribution in [2.24, 2.45) is 0 Å². The molecule has 1 atom stereocenters. The molecule has 0 fully saturated rings. The Morgan fingerprint density at radius 2 is 2.40 bits per heavy atom. The molecule has 1 unspecified atom stereocenters. The number of thiazole rings is 1. The van der Waals surface area contributed by atoms with Gasteiger partial charge >= 0.3 is 0 Å². The van der Waals surface area contributed by atoms with E-state index < -0.39 is 15.3 Å². The fourth-order valence-corrected chi connectivity index (χ4v) is 2.42. The van der Waals surface area contributed by atoms with Crippen LogP contribution < -0.4 is 4.72 Å². The maximum atomic E-state index is 11.4. The van der Waals surface area contributed by atoms with E-state index in [-0.39, 0.29) is 6.54 Å². The molecule has 82 valence electrons. The van der Waals surface area contributed by atoms with E-state index in [0.29, 0.717) is 0 Å². The standard InChI is InChI=1S/C8H11N3O2S2/c1-6(3-9)15(12,13)11-5-8-4-10-7(2)14-8/h4,6,11H,5H2,1-2H3. The van der Waals surface area contributed by atoms with Crippen molar-refractivity contribution >= 4 is 21.4 Å². The predicted octanol–water partition coefficient (Wildman–Crippen LogP) is 0.783. The molecule has 1 aromatic rings. The maximum Gasteiger partial charge on any atom is 0.228 e. The van der Waals surface area contributed by atoms with Crippen LogP contribution in [-0.2, 0) is 16.6 Å². The van der Waals surface area contributed by atoms with E-state index in [0.717, 1.165) is 9.88 Å². The lowest BCUT2D eigenvalue weighted by Crippen LogP contribution is -2.30. The molecule has 0 saturated heterocycles. The van der Waals surface area contributed by atoms with Gasteiger partial charge in [0, 0.05) is 17.6 Å². The number of nitriles is 1. The van der Waals surface area contributed by atoms with Crippen molar-refractivity contribution in [3.05, 3.63) is 16.1 Å². The van der Waals surface area contributed by atoms with Gasteiger partial charge in [0.25, 0.3) is 0 Å². The molecule has 0 aromatic carbocycles. The minimum absolute atomic E-state index is 0.194. The Morgan fingerprint density at radius 3 is 2.87 bits per heavy atom. The van der Waals surface area contributed by atoms with Crippen LogP contribution in [0.3, 0.4) is 0 Å². The molecular weight excluding hydrogens is 234 g/mol. The summed E-state index contributed by atoms with van der Waals surface area (Å²) in [7, 11) is -3.53. The van der Waals surface area contributed by atoms with Gasteiger partial charge in [0.05, 0.1) is 11.1 Å². The Kier molecular flexibility index (Phi) is 3.79. The summed E-state index contributed by atoms with van der Waals surface area (Å²) in [6.07, 6.45) is 1.62. The molecule has 0 radical (unpaired) electrons. The first kappa shape index (κ1) is 12.1. The first-order valence-electron chi connectivity index (χ1n) is 4.25. The van der Waals surface area contributed by atoms with Gasteiger partial charge in [-0.15, -0.1) is 11.3 Å². The largest absolute Gasteiger partial charge is 0.250 e. The molecule has 0 spiro atoms. The van der Waals surface area contributed by atoms with E-state index >= 15 is 0 Å². The van der Waals surface area contributed by atoms with Gasteiger partial charge in [0.2, 0.25) is 10.0 Å². The summed E-state index contributed by atoms with van der Waals surface area (Å²) in [5, 5.41) is 8.34. The fourth-order valence-electron chi connectivity index (χ4n) is 0.853. The highest BCUT2D eigenvalue weighted by Gasteiger charge is 2.19. The van der Waals surface area contributed by atoms with E-state index in [9.17, 15) is 8.42 Å². The van der Waals surface area contributed by atoms with E-state index in [4.69, 9.17) is 5.26 Å². The average Bonchev–Trinajstić information content (AvgIpc) is 2.60. The number of nitrogens with one attached hydrogen (secondary N) is 1. The summed E-state index contributed by atoms with van der Waals surface area (Å²) >= 11 is 1.43. The van der Waals surface area contributed by atoms with Gasteiger partial charge in [-0.05, 0) is 13.8 Å². The highest BCUT2D eigenvalue weighted by molar-refractivity contribution is 7.90. The second-order valence-corrected chi connectivity index (χ2v) is 6.39. The van der Waals surface area contributed by atoms with Crippen molar-refractivity contribution in [3.8, 4) is 6.07 Å². The number of rotatable bonds is 4. The Labute approximate surface area is 92.8 Å². The second-order valence-electron chi connectivity index (χ2n) is 2.98. The van der Waals surface area contributed by atoms with Gasteiger partial charge in [0.15, 0.2) is 5.25 Å². The van der Waals surface area contributed by atoms with Gasteiger partial charge in [-0.1, -0.05) is 0 Å². The van der Waals surface area contributed by atoms with Crippen LogP contribution in [0.5, 0.6) is 0 Å². The van der Waals surface area contributed by atoms with Crippen molar-refractivity contribution in [3.63, 3.8) is 0 Å². The number of hydrogen-bond acceptors (Lipinski definition) is 5. The number of aromatic nitrogens is 1. The Balaban J connectivity index is 2.62. The molecule has 1 rings (SSSR count). The fraction of sp³-hybridized carbons (Fsp3) is 0.500. The molecule has 1 aromatic heterocycles. The number of hydrogen-bond donors (Lipinski definition) is 1. The summed E-state index contributed by atoms with van der Waals surface area (Å²) in [5.41, 5.74) is 0. The predicted molar refractivity (Wildman–Crippen MR) is 57.7 cm³/mol. The molecule has 15 heavy (non-hydrogen) atoms. The summed E-state index contributed by atoms with van der Waals surface area (Å²) < 4.78 is 25.1.